The first kappa shape index (κ1) is 11.0. The average molecular weight is 245 g/mol. The highest BCUT2D eigenvalue weighted by Crippen LogP contribution is 2.38. The van der Waals surface area contributed by atoms with Gasteiger partial charge in [-0.1, -0.05) is 11.6 Å². The van der Waals surface area contributed by atoms with E-state index in [-0.39, 0.29) is 5.92 Å². The van der Waals surface area contributed by atoms with E-state index in [2.05, 4.69) is 0 Å². The third-order valence-corrected chi connectivity index (χ3v) is 4.42. The number of aryl methyl sites for hydroxylation is 1. The first-order valence-electron chi connectivity index (χ1n) is 5.14. The maximum absolute atomic E-state index is 10.8. The van der Waals surface area contributed by atoms with Crippen molar-refractivity contribution in [3.8, 4) is 0 Å². The third kappa shape index (κ3) is 2.52. The van der Waals surface area contributed by atoms with E-state index >= 15 is 0 Å². The fraction of sp³-hybridized carbons (Fsp3) is 0.545. The Morgan fingerprint density at radius 1 is 1.53 bits per heavy atom. The molecule has 0 bridgehead atoms. The first-order chi connectivity index (χ1) is 7.16. The molecule has 0 saturated heterocycles. The summed E-state index contributed by atoms with van der Waals surface area (Å²) in [6, 6.07) is 3.93. The molecule has 2 rings (SSSR count). The highest BCUT2D eigenvalue weighted by molar-refractivity contribution is 7.16. The van der Waals surface area contributed by atoms with Crippen LogP contribution in [0.5, 0.6) is 0 Å². The van der Waals surface area contributed by atoms with Crippen molar-refractivity contribution < 1.29 is 9.90 Å². The molecule has 2 atom stereocenters. The first-order valence-corrected chi connectivity index (χ1v) is 6.33. The molecule has 0 aromatic carbocycles. The molecule has 1 aliphatic rings. The Morgan fingerprint density at radius 3 is 2.80 bits per heavy atom. The van der Waals surface area contributed by atoms with Gasteiger partial charge in [-0.2, -0.15) is 0 Å². The van der Waals surface area contributed by atoms with Crippen LogP contribution in [-0.2, 0) is 11.2 Å². The Balaban J connectivity index is 1.81. The molecule has 4 heteroatoms. The van der Waals surface area contributed by atoms with E-state index in [4.69, 9.17) is 16.7 Å². The van der Waals surface area contributed by atoms with Gasteiger partial charge in [-0.25, -0.2) is 0 Å². The summed E-state index contributed by atoms with van der Waals surface area (Å²) in [4.78, 5) is 12.0. The van der Waals surface area contributed by atoms with E-state index in [1.165, 1.54) is 4.88 Å². The molecular weight excluding hydrogens is 232 g/mol. The summed E-state index contributed by atoms with van der Waals surface area (Å²) in [6.45, 7) is 0. The van der Waals surface area contributed by atoms with Crippen molar-refractivity contribution in [1.82, 2.24) is 0 Å². The van der Waals surface area contributed by atoms with Gasteiger partial charge in [0.2, 0.25) is 0 Å². The lowest BCUT2D eigenvalue weighted by Crippen LogP contribution is -2.32. The van der Waals surface area contributed by atoms with Crippen LogP contribution in [0.1, 0.15) is 24.1 Å². The number of carboxylic acid groups (broad SMARTS) is 1. The number of aliphatic carboxylic acids is 1. The van der Waals surface area contributed by atoms with Gasteiger partial charge in [-0.3, -0.25) is 4.79 Å². The quantitative estimate of drug-likeness (QED) is 0.881. The molecule has 1 heterocycles. The number of hydrogen-bond acceptors (Lipinski definition) is 2. The smallest absolute Gasteiger partial charge is 0.306 e. The Hall–Kier alpha value is -0.540. The van der Waals surface area contributed by atoms with Crippen LogP contribution in [0.15, 0.2) is 12.1 Å². The summed E-state index contributed by atoms with van der Waals surface area (Å²) in [5, 5.41) is 8.89. The van der Waals surface area contributed by atoms with E-state index in [1.807, 2.05) is 12.1 Å². The van der Waals surface area contributed by atoms with Crippen LogP contribution >= 0.6 is 22.9 Å². The van der Waals surface area contributed by atoms with Gasteiger partial charge in [-0.05, 0) is 43.7 Å². The number of thiophene rings is 1. The summed E-state index contributed by atoms with van der Waals surface area (Å²) >= 11 is 7.42. The minimum atomic E-state index is -0.629. The minimum absolute atomic E-state index is 0.0968. The number of carboxylic acids is 1. The standard InChI is InChI=1S/C11H13ClO2S/c12-10-6-4-8(15-10)3-1-7-2-5-9(7)11(13)14/h4,6-7,9H,1-3,5H2,(H,13,14). The number of rotatable bonds is 4. The Labute approximate surface area is 97.9 Å². The maximum atomic E-state index is 10.8. The SMILES string of the molecule is O=C(O)C1CCC1CCc1ccc(Cl)s1. The van der Waals surface area contributed by atoms with Crippen LogP contribution in [-0.4, -0.2) is 11.1 Å². The fourth-order valence-electron chi connectivity index (χ4n) is 2.05. The molecule has 82 valence electrons. The maximum Gasteiger partial charge on any atom is 0.306 e. The minimum Gasteiger partial charge on any atom is -0.481 e. The Bertz CT molecular complexity index is 361. The van der Waals surface area contributed by atoms with Gasteiger partial charge in [0, 0.05) is 4.88 Å². The summed E-state index contributed by atoms with van der Waals surface area (Å²) < 4.78 is 0.813. The lowest BCUT2D eigenvalue weighted by molar-refractivity contribution is -0.147. The molecule has 0 amide bonds. The van der Waals surface area contributed by atoms with Gasteiger partial charge in [0.05, 0.1) is 10.3 Å². The molecule has 1 aromatic rings. The van der Waals surface area contributed by atoms with Gasteiger partial charge in [0.15, 0.2) is 0 Å². The van der Waals surface area contributed by atoms with Crippen molar-refractivity contribution in [2.75, 3.05) is 0 Å². The van der Waals surface area contributed by atoms with Gasteiger partial charge < -0.3 is 5.11 Å². The zero-order valence-corrected chi connectivity index (χ0v) is 9.85. The van der Waals surface area contributed by atoms with Gasteiger partial charge >= 0.3 is 5.97 Å². The van der Waals surface area contributed by atoms with Crippen molar-refractivity contribution in [1.29, 1.82) is 0 Å². The Kier molecular flexibility index (Phi) is 3.32. The molecule has 1 N–H and O–H groups in total. The van der Waals surface area contributed by atoms with Crippen LogP contribution in [0.25, 0.3) is 0 Å². The average Bonchev–Trinajstić information content (AvgIpc) is 2.48. The molecule has 0 spiro atoms. The number of hydrogen-bond donors (Lipinski definition) is 1. The molecule has 15 heavy (non-hydrogen) atoms. The fourth-order valence-corrected chi connectivity index (χ4v) is 3.16. The summed E-state index contributed by atoms with van der Waals surface area (Å²) in [6.07, 6.45) is 3.86. The zero-order chi connectivity index (χ0) is 10.8. The van der Waals surface area contributed by atoms with E-state index in [0.717, 1.165) is 30.0 Å². The van der Waals surface area contributed by atoms with Crippen molar-refractivity contribution in [2.24, 2.45) is 11.8 Å². The zero-order valence-electron chi connectivity index (χ0n) is 8.28. The molecule has 2 nitrogen and oxygen atoms in total. The normalized spacial score (nSPS) is 24.9. The van der Waals surface area contributed by atoms with Crippen molar-refractivity contribution in [3.63, 3.8) is 0 Å². The predicted molar refractivity (Wildman–Crippen MR) is 61.5 cm³/mol. The van der Waals surface area contributed by atoms with Gasteiger partial charge in [0.1, 0.15) is 0 Å². The monoisotopic (exact) mass is 244 g/mol. The van der Waals surface area contributed by atoms with Crippen LogP contribution in [0, 0.1) is 11.8 Å². The van der Waals surface area contributed by atoms with E-state index < -0.39 is 5.97 Å². The van der Waals surface area contributed by atoms with Crippen molar-refractivity contribution in [3.05, 3.63) is 21.3 Å². The molecule has 1 saturated carbocycles. The van der Waals surface area contributed by atoms with Crippen molar-refractivity contribution in [2.45, 2.75) is 25.7 Å². The molecule has 2 unspecified atom stereocenters. The van der Waals surface area contributed by atoms with Crippen molar-refractivity contribution >= 4 is 28.9 Å². The molecule has 1 aliphatic carbocycles. The molecular formula is C11H13ClO2S. The second-order valence-electron chi connectivity index (χ2n) is 4.03. The van der Waals surface area contributed by atoms with Gasteiger partial charge in [-0.15, -0.1) is 11.3 Å². The third-order valence-electron chi connectivity index (χ3n) is 3.13. The van der Waals surface area contributed by atoms with E-state index in [0.29, 0.717) is 5.92 Å². The topological polar surface area (TPSA) is 37.3 Å². The lowest BCUT2D eigenvalue weighted by atomic mass is 9.71. The second kappa shape index (κ2) is 4.54. The molecule has 1 aromatic heterocycles. The van der Waals surface area contributed by atoms with E-state index in [9.17, 15) is 4.79 Å². The van der Waals surface area contributed by atoms with E-state index in [1.54, 1.807) is 11.3 Å². The van der Waals surface area contributed by atoms with Crippen LogP contribution in [0.2, 0.25) is 4.34 Å². The van der Waals surface area contributed by atoms with Crippen LogP contribution in [0.3, 0.4) is 0 Å². The predicted octanol–water partition coefficient (Wildman–Crippen LogP) is 3.44. The second-order valence-corrected chi connectivity index (χ2v) is 5.83. The molecule has 1 fully saturated rings. The largest absolute Gasteiger partial charge is 0.481 e. The summed E-state index contributed by atoms with van der Waals surface area (Å²) in [5.74, 6) is -0.348. The highest BCUT2D eigenvalue weighted by Gasteiger charge is 2.35. The van der Waals surface area contributed by atoms with Crippen LogP contribution in [0.4, 0.5) is 0 Å². The molecule has 0 radical (unpaired) electrons. The van der Waals surface area contributed by atoms with Crippen LogP contribution < -0.4 is 0 Å². The number of halogens is 1. The lowest BCUT2D eigenvalue weighted by Gasteiger charge is -2.33. The Morgan fingerprint density at radius 2 is 2.33 bits per heavy atom. The summed E-state index contributed by atoms with van der Waals surface area (Å²) in [5.41, 5.74) is 0. The highest BCUT2D eigenvalue weighted by atomic mass is 35.5. The van der Waals surface area contributed by atoms with Gasteiger partial charge in [0.25, 0.3) is 0 Å². The summed E-state index contributed by atoms with van der Waals surface area (Å²) in [7, 11) is 0. The number of carbonyl (C=O) groups is 1. The molecule has 0 aliphatic heterocycles.